The van der Waals surface area contributed by atoms with Gasteiger partial charge in [-0.05, 0) is 61.2 Å². The van der Waals surface area contributed by atoms with E-state index in [4.69, 9.17) is 0 Å². The Morgan fingerprint density at radius 2 is 1.88 bits per heavy atom. The number of hydrogen-bond donors (Lipinski definition) is 2. The molecule has 0 fully saturated rings. The van der Waals surface area contributed by atoms with Gasteiger partial charge in [0.15, 0.2) is 0 Å². The van der Waals surface area contributed by atoms with Gasteiger partial charge in [0.25, 0.3) is 0 Å². The van der Waals surface area contributed by atoms with Crippen molar-refractivity contribution < 1.29 is 13.2 Å². The molecule has 0 unspecified atom stereocenters. The average molecular weight is 359 g/mol. The van der Waals surface area contributed by atoms with E-state index in [9.17, 15) is 13.2 Å². The van der Waals surface area contributed by atoms with Crippen LogP contribution in [0.2, 0.25) is 0 Å². The van der Waals surface area contributed by atoms with Gasteiger partial charge in [-0.15, -0.1) is 0 Å². The lowest BCUT2D eigenvalue weighted by molar-refractivity contribution is 0.262. The predicted octanol–water partition coefficient (Wildman–Crippen LogP) is 3.27. The number of nitrogens with one attached hydrogen (secondary N) is 2. The van der Waals surface area contributed by atoms with Crippen molar-refractivity contribution in [3.05, 3.63) is 53.1 Å². The second kappa shape index (κ2) is 6.40. The number of carbonyl (C=O) groups excluding carboxylic acids is 1. The summed E-state index contributed by atoms with van der Waals surface area (Å²) < 4.78 is 24.9. The SMILES string of the molecule is Cc1cccc(NC(=O)Nc2ccc3c(c2)CCN3S(C)(=O)=O)c1C. The molecule has 1 heterocycles. The molecule has 0 atom stereocenters. The van der Waals surface area contributed by atoms with Gasteiger partial charge in [-0.25, -0.2) is 13.2 Å². The van der Waals surface area contributed by atoms with Gasteiger partial charge in [0.05, 0.1) is 11.9 Å². The van der Waals surface area contributed by atoms with E-state index < -0.39 is 10.0 Å². The van der Waals surface area contributed by atoms with E-state index in [0.29, 0.717) is 24.3 Å². The van der Waals surface area contributed by atoms with Crippen LogP contribution in [-0.4, -0.2) is 27.2 Å². The third kappa shape index (κ3) is 3.61. The number of fused-ring (bicyclic) bond motifs is 1. The lowest BCUT2D eigenvalue weighted by atomic mass is 10.1. The van der Waals surface area contributed by atoms with Crippen molar-refractivity contribution in [2.24, 2.45) is 0 Å². The Morgan fingerprint density at radius 3 is 2.60 bits per heavy atom. The second-order valence-corrected chi connectivity index (χ2v) is 8.16. The molecule has 2 aromatic carbocycles. The summed E-state index contributed by atoms with van der Waals surface area (Å²) in [6, 6.07) is 10.7. The van der Waals surface area contributed by atoms with Gasteiger partial charge < -0.3 is 10.6 Å². The first-order valence-electron chi connectivity index (χ1n) is 8.00. The second-order valence-electron chi connectivity index (χ2n) is 6.26. The Bertz CT molecular complexity index is 939. The zero-order chi connectivity index (χ0) is 18.2. The molecule has 25 heavy (non-hydrogen) atoms. The molecule has 0 aliphatic carbocycles. The Morgan fingerprint density at radius 1 is 1.12 bits per heavy atom. The Hall–Kier alpha value is -2.54. The van der Waals surface area contributed by atoms with Crippen molar-refractivity contribution in [1.29, 1.82) is 0 Å². The number of sulfonamides is 1. The third-order valence-electron chi connectivity index (χ3n) is 4.44. The largest absolute Gasteiger partial charge is 0.323 e. The van der Waals surface area contributed by atoms with Crippen molar-refractivity contribution in [2.45, 2.75) is 20.3 Å². The van der Waals surface area contributed by atoms with Gasteiger partial charge in [-0.3, -0.25) is 4.31 Å². The standard InChI is InChI=1S/C18H21N3O3S/c1-12-5-4-6-16(13(12)2)20-18(22)19-15-7-8-17-14(11-15)9-10-21(17)25(3,23)24/h4-8,11H,9-10H2,1-3H3,(H2,19,20,22). The molecule has 0 radical (unpaired) electrons. The summed E-state index contributed by atoms with van der Waals surface area (Å²) in [6.45, 7) is 4.39. The van der Waals surface area contributed by atoms with Crippen molar-refractivity contribution in [2.75, 3.05) is 27.7 Å². The molecule has 1 aliphatic rings. The number of anilines is 3. The highest BCUT2D eigenvalue weighted by atomic mass is 32.2. The maximum atomic E-state index is 12.2. The van der Waals surface area contributed by atoms with Crippen LogP contribution in [0.3, 0.4) is 0 Å². The summed E-state index contributed by atoms with van der Waals surface area (Å²) in [5.41, 5.74) is 5.13. The molecule has 0 bridgehead atoms. The van der Waals surface area contributed by atoms with E-state index in [-0.39, 0.29) is 6.03 Å². The summed E-state index contributed by atoms with van der Waals surface area (Å²) in [5, 5.41) is 5.65. The normalized spacial score (nSPS) is 13.5. The molecule has 2 N–H and O–H groups in total. The molecule has 0 aromatic heterocycles. The molecule has 0 saturated carbocycles. The molecular weight excluding hydrogens is 338 g/mol. The Kier molecular flexibility index (Phi) is 4.43. The van der Waals surface area contributed by atoms with E-state index in [1.165, 1.54) is 10.6 Å². The monoisotopic (exact) mass is 359 g/mol. The van der Waals surface area contributed by atoms with E-state index in [1.807, 2.05) is 38.1 Å². The highest BCUT2D eigenvalue weighted by molar-refractivity contribution is 7.92. The summed E-state index contributed by atoms with van der Waals surface area (Å²) in [6.07, 6.45) is 1.84. The molecule has 0 spiro atoms. The van der Waals surface area contributed by atoms with Crippen molar-refractivity contribution in [3.63, 3.8) is 0 Å². The zero-order valence-electron chi connectivity index (χ0n) is 14.5. The van der Waals surface area contributed by atoms with Crippen molar-refractivity contribution in [1.82, 2.24) is 0 Å². The van der Waals surface area contributed by atoms with Crippen LogP contribution in [0.4, 0.5) is 21.9 Å². The van der Waals surface area contributed by atoms with Crippen LogP contribution < -0.4 is 14.9 Å². The van der Waals surface area contributed by atoms with Crippen LogP contribution >= 0.6 is 0 Å². The van der Waals surface area contributed by atoms with Crippen molar-refractivity contribution in [3.8, 4) is 0 Å². The van der Waals surface area contributed by atoms with Crippen molar-refractivity contribution >= 4 is 33.1 Å². The fourth-order valence-corrected chi connectivity index (χ4v) is 3.92. The molecule has 6 nitrogen and oxygen atoms in total. The number of aryl methyl sites for hydroxylation is 1. The third-order valence-corrected chi connectivity index (χ3v) is 5.62. The van der Waals surface area contributed by atoms with Crippen LogP contribution in [0.25, 0.3) is 0 Å². The topological polar surface area (TPSA) is 78.5 Å². The summed E-state index contributed by atoms with van der Waals surface area (Å²) in [7, 11) is -3.27. The predicted molar refractivity (Wildman–Crippen MR) is 101 cm³/mol. The number of urea groups is 1. The molecule has 1 aliphatic heterocycles. The molecule has 7 heteroatoms. The summed E-state index contributed by atoms with van der Waals surface area (Å²) in [4.78, 5) is 12.2. The quantitative estimate of drug-likeness (QED) is 0.883. The highest BCUT2D eigenvalue weighted by Crippen LogP contribution is 2.32. The summed E-state index contributed by atoms with van der Waals surface area (Å²) in [5.74, 6) is 0. The maximum Gasteiger partial charge on any atom is 0.323 e. The minimum Gasteiger partial charge on any atom is -0.308 e. The number of benzene rings is 2. The van der Waals surface area contributed by atoms with E-state index in [1.54, 1.807) is 12.1 Å². The Balaban J connectivity index is 1.74. The number of carbonyl (C=O) groups is 1. The number of hydrogen-bond acceptors (Lipinski definition) is 3. The van der Waals surface area contributed by atoms with E-state index >= 15 is 0 Å². The van der Waals surface area contributed by atoms with Crippen LogP contribution in [0.5, 0.6) is 0 Å². The first kappa shape index (κ1) is 17.3. The van der Waals surface area contributed by atoms with Gasteiger partial charge in [0, 0.05) is 17.9 Å². The Labute approximate surface area is 147 Å². The lowest BCUT2D eigenvalue weighted by Gasteiger charge is -2.17. The molecule has 132 valence electrons. The first-order chi connectivity index (χ1) is 11.8. The van der Waals surface area contributed by atoms with Crippen LogP contribution in [0.1, 0.15) is 16.7 Å². The highest BCUT2D eigenvalue weighted by Gasteiger charge is 2.26. The van der Waals surface area contributed by atoms with Gasteiger partial charge in [0.1, 0.15) is 0 Å². The minimum absolute atomic E-state index is 0.327. The molecule has 3 rings (SSSR count). The van der Waals surface area contributed by atoms with Gasteiger partial charge in [-0.1, -0.05) is 12.1 Å². The fraction of sp³-hybridized carbons (Fsp3) is 0.278. The maximum absolute atomic E-state index is 12.2. The summed E-state index contributed by atoms with van der Waals surface area (Å²) >= 11 is 0. The lowest BCUT2D eigenvalue weighted by Crippen LogP contribution is -2.27. The van der Waals surface area contributed by atoms with Gasteiger partial charge >= 0.3 is 6.03 Å². The molecule has 2 aromatic rings. The van der Waals surface area contributed by atoms with Gasteiger partial charge in [-0.2, -0.15) is 0 Å². The minimum atomic E-state index is -3.27. The van der Waals surface area contributed by atoms with Crippen LogP contribution in [0, 0.1) is 13.8 Å². The van der Waals surface area contributed by atoms with Crippen LogP contribution in [0.15, 0.2) is 36.4 Å². The van der Waals surface area contributed by atoms with Crippen LogP contribution in [-0.2, 0) is 16.4 Å². The first-order valence-corrected chi connectivity index (χ1v) is 9.85. The number of amides is 2. The van der Waals surface area contributed by atoms with E-state index in [2.05, 4.69) is 10.6 Å². The smallest absolute Gasteiger partial charge is 0.308 e. The number of nitrogens with zero attached hydrogens (tertiary/aromatic N) is 1. The molecular formula is C18H21N3O3S. The fourth-order valence-electron chi connectivity index (χ4n) is 2.96. The zero-order valence-corrected chi connectivity index (χ0v) is 15.3. The average Bonchev–Trinajstić information content (AvgIpc) is 2.95. The van der Waals surface area contributed by atoms with E-state index in [0.717, 1.165) is 22.4 Å². The number of rotatable bonds is 3. The molecule has 0 saturated heterocycles. The van der Waals surface area contributed by atoms with Gasteiger partial charge in [0.2, 0.25) is 10.0 Å². The molecule has 2 amide bonds.